The van der Waals surface area contributed by atoms with E-state index in [0.29, 0.717) is 12.8 Å². The summed E-state index contributed by atoms with van der Waals surface area (Å²) in [7, 11) is 0. The quantitative estimate of drug-likeness (QED) is 0.481. The van der Waals surface area contributed by atoms with Crippen molar-refractivity contribution >= 4 is 30.8 Å². The van der Waals surface area contributed by atoms with Crippen molar-refractivity contribution in [3.63, 3.8) is 0 Å². The molecule has 3 rings (SSSR count). The summed E-state index contributed by atoms with van der Waals surface area (Å²) in [6.07, 6.45) is 3.12. The van der Waals surface area contributed by atoms with Gasteiger partial charge in [-0.15, -0.1) is 24.8 Å². The summed E-state index contributed by atoms with van der Waals surface area (Å²) >= 11 is 0. The number of nitrogens with two attached hydrogens (primary N) is 1. The molecule has 0 aromatic carbocycles. The molecule has 0 atom stereocenters. The minimum absolute atomic E-state index is 0. The summed E-state index contributed by atoms with van der Waals surface area (Å²) in [5, 5.41) is 8.85. The first kappa shape index (κ1) is 13.0. The third-order valence-electron chi connectivity index (χ3n) is 3.20. The highest BCUT2D eigenvalue weighted by Crippen LogP contribution is 2.61. The zero-order valence-corrected chi connectivity index (χ0v) is 8.71. The standard InChI is InChI=1S/C7H12N2O2.2ClH/c8-9-7-2-1-6(3-7,4-7)5(10)11;;/h9H,1-4,8H2,(H,10,11);2*1H. The predicted octanol–water partition coefficient (Wildman–Crippen LogP) is 0.691. The number of fused-ring (bicyclic) bond motifs is 1. The largest absolute Gasteiger partial charge is 0.481 e. The Kier molecular flexibility index (Phi) is 3.60. The summed E-state index contributed by atoms with van der Waals surface area (Å²) in [6, 6.07) is 0. The molecule has 0 radical (unpaired) electrons. The van der Waals surface area contributed by atoms with Crippen LogP contribution in [0.4, 0.5) is 0 Å². The van der Waals surface area contributed by atoms with E-state index in [1.807, 2.05) is 0 Å². The Morgan fingerprint density at radius 2 is 1.85 bits per heavy atom. The molecule has 4 N–H and O–H groups in total. The van der Waals surface area contributed by atoms with Crippen molar-refractivity contribution in [3.8, 4) is 0 Å². The zero-order chi connectivity index (χ0) is 8.11. The SMILES string of the molecule is Cl.Cl.NNC12CCC(C(=O)O)(C1)C2. The summed E-state index contributed by atoms with van der Waals surface area (Å²) in [4.78, 5) is 10.8. The zero-order valence-electron chi connectivity index (χ0n) is 7.08. The van der Waals surface area contributed by atoms with Crippen molar-refractivity contribution in [2.24, 2.45) is 11.3 Å². The van der Waals surface area contributed by atoms with Gasteiger partial charge in [-0.2, -0.15) is 0 Å². The van der Waals surface area contributed by atoms with E-state index in [2.05, 4.69) is 5.43 Å². The molecule has 0 saturated heterocycles. The van der Waals surface area contributed by atoms with Crippen LogP contribution in [-0.2, 0) is 4.79 Å². The van der Waals surface area contributed by atoms with E-state index in [9.17, 15) is 4.79 Å². The number of carbonyl (C=O) groups is 1. The lowest BCUT2D eigenvalue weighted by Gasteiger charge is -2.44. The van der Waals surface area contributed by atoms with Crippen molar-refractivity contribution in [1.29, 1.82) is 0 Å². The average Bonchev–Trinajstić information content (AvgIpc) is 2.39. The van der Waals surface area contributed by atoms with Crippen LogP contribution in [0.1, 0.15) is 25.7 Å². The van der Waals surface area contributed by atoms with Crippen LogP contribution in [0, 0.1) is 5.41 Å². The van der Waals surface area contributed by atoms with Gasteiger partial charge in [-0.3, -0.25) is 16.1 Å². The monoisotopic (exact) mass is 228 g/mol. The van der Waals surface area contributed by atoms with Gasteiger partial charge in [0.15, 0.2) is 0 Å². The number of hydrazine groups is 1. The van der Waals surface area contributed by atoms with Gasteiger partial charge in [0.2, 0.25) is 0 Å². The van der Waals surface area contributed by atoms with E-state index in [1.165, 1.54) is 0 Å². The van der Waals surface area contributed by atoms with Crippen LogP contribution in [0.5, 0.6) is 0 Å². The van der Waals surface area contributed by atoms with Crippen LogP contribution in [0.25, 0.3) is 0 Å². The number of nitrogens with one attached hydrogen (secondary N) is 1. The number of rotatable bonds is 2. The molecule has 0 aromatic heterocycles. The van der Waals surface area contributed by atoms with Crippen molar-refractivity contribution in [2.45, 2.75) is 31.2 Å². The molecule has 3 fully saturated rings. The van der Waals surface area contributed by atoms with E-state index in [4.69, 9.17) is 10.9 Å². The minimum Gasteiger partial charge on any atom is -0.481 e. The van der Waals surface area contributed by atoms with E-state index in [1.54, 1.807) is 0 Å². The maximum Gasteiger partial charge on any atom is 0.309 e. The predicted molar refractivity (Wildman–Crippen MR) is 53.1 cm³/mol. The first-order valence-corrected chi connectivity index (χ1v) is 3.84. The molecule has 3 aliphatic carbocycles. The third-order valence-corrected chi connectivity index (χ3v) is 3.20. The highest BCUT2D eigenvalue weighted by molar-refractivity contribution is 5.85. The van der Waals surface area contributed by atoms with Gasteiger partial charge in [-0.05, 0) is 25.7 Å². The lowest BCUT2D eigenvalue weighted by atomic mass is 9.65. The Bertz CT molecular complexity index is 217. The van der Waals surface area contributed by atoms with Gasteiger partial charge >= 0.3 is 5.97 Å². The molecular weight excluding hydrogens is 215 g/mol. The smallest absolute Gasteiger partial charge is 0.309 e. The third kappa shape index (κ3) is 1.52. The second-order valence-corrected chi connectivity index (χ2v) is 3.86. The van der Waals surface area contributed by atoms with Gasteiger partial charge in [0.05, 0.1) is 5.41 Å². The Morgan fingerprint density at radius 3 is 2.08 bits per heavy atom. The summed E-state index contributed by atoms with van der Waals surface area (Å²) in [5.74, 6) is 4.67. The van der Waals surface area contributed by atoms with Crippen molar-refractivity contribution in [2.75, 3.05) is 0 Å². The summed E-state index contributed by atoms with van der Waals surface area (Å²) in [5.41, 5.74) is 2.27. The molecule has 3 saturated carbocycles. The number of carboxylic acid groups (broad SMARTS) is 1. The van der Waals surface area contributed by atoms with Gasteiger partial charge in [0, 0.05) is 5.54 Å². The fourth-order valence-corrected chi connectivity index (χ4v) is 2.51. The normalized spacial score (nSPS) is 39.8. The molecule has 0 aromatic rings. The summed E-state index contributed by atoms with van der Waals surface area (Å²) < 4.78 is 0. The van der Waals surface area contributed by atoms with Crippen LogP contribution in [0.2, 0.25) is 0 Å². The number of hydrogen-bond acceptors (Lipinski definition) is 3. The molecule has 3 aliphatic rings. The topological polar surface area (TPSA) is 75.3 Å². The first-order chi connectivity index (χ1) is 5.13. The van der Waals surface area contributed by atoms with Gasteiger partial charge in [0.25, 0.3) is 0 Å². The van der Waals surface area contributed by atoms with Gasteiger partial charge in [0.1, 0.15) is 0 Å². The van der Waals surface area contributed by atoms with Crippen LogP contribution in [-0.4, -0.2) is 16.6 Å². The van der Waals surface area contributed by atoms with Gasteiger partial charge < -0.3 is 5.11 Å². The number of halogens is 2. The Balaban J connectivity index is 0.000000720. The molecule has 78 valence electrons. The van der Waals surface area contributed by atoms with Crippen LogP contribution in [0.3, 0.4) is 0 Å². The fourth-order valence-electron chi connectivity index (χ4n) is 2.51. The lowest BCUT2D eigenvalue weighted by Crippen LogP contribution is -2.58. The van der Waals surface area contributed by atoms with Gasteiger partial charge in [-0.1, -0.05) is 0 Å². The molecule has 0 spiro atoms. The molecule has 0 unspecified atom stereocenters. The molecule has 0 heterocycles. The molecule has 6 heteroatoms. The van der Waals surface area contributed by atoms with Crippen molar-refractivity contribution in [3.05, 3.63) is 0 Å². The molecule has 2 bridgehead atoms. The second-order valence-electron chi connectivity index (χ2n) is 3.86. The number of aliphatic carboxylic acids is 1. The molecule has 4 nitrogen and oxygen atoms in total. The van der Waals surface area contributed by atoms with E-state index >= 15 is 0 Å². The lowest BCUT2D eigenvalue weighted by molar-refractivity contribution is -0.154. The van der Waals surface area contributed by atoms with E-state index < -0.39 is 11.4 Å². The number of carboxylic acids is 1. The molecule has 0 amide bonds. The molecule has 13 heavy (non-hydrogen) atoms. The first-order valence-electron chi connectivity index (χ1n) is 3.84. The summed E-state index contributed by atoms with van der Waals surface area (Å²) in [6.45, 7) is 0. The minimum atomic E-state index is -0.652. The molecule has 0 aliphatic heterocycles. The highest BCUT2D eigenvalue weighted by atomic mass is 35.5. The Labute approximate surface area is 89.0 Å². The maximum absolute atomic E-state index is 10.8. The van der Waals surface area contributed by atoms with Crippen LogP contribution >= 0.6 is 24.8 Å². The van der Waals surface area contributed by atoms with Crippen molar-refractivity contribution < 1.29 is 9.90 Å². The average molecular weight is 229 g/mol. The van der Waals surface area contributed by atoms with E-state index in [-0.39, 0.29) is 30.4 Å². The Morgan fingerprint density at radius 1 is 1.31 bits per heavy atom. The van der Waals surface area contributed by atoms with Crippen molar-refractivity contribution in [1.82, 2.24) is 5.43 Å². The molecular formula is C7H14Cl2N2O2. The maximum atomic E-state index is 10.8. The fraction of sp³-hybridized carbons (Fsp3) is 0.857. The Hall–Kier alpha value is -0.0300. The van der Waals surface area contributed by atoms with Gasteiger partial charge in [-0.25, -0.2) is 0 Å². The highest BCUT2D eigenvalue weighted by Gasteiger charge is 2.64. The van der Waals surface area contributed by atoms with Crippen LogP contribution in [0.15, 0.2) is 0 Å². The van der Waals surface area contributed by atoms with E-state index in [0.717, 1.165) is 12.8 Å². The second kappa shape index (κ2) is 3.61. The van der Waals surface area contributed by atoms with Crippen LogP contribution < -0.4 is 11.3 Å². The number of hydrogen-bond donors (Lipinski definition) is 3.